The van der Waals surface area contributed by atoms with Crippen LogP contribution < -0.4 is 10.4 Å². The molecule has 6 nitrogen and oxygen atoms in total. The van der Waals surface area contributed by atoms with Crippen molar-refractivity contribution < 1.29 is 18.7 Å². The predicted molar refractivity (Wildman–Crippen MR) is 146 cm³/mol. The fraction of sp³-hybridized carbons (Fsp3) is 0.250. The number of pyridine rings is 1. The van der Waals surface area contributed by atoms with Gasteiger partial charge in [0, 0.05) is 24.7 Å². The summed E-state index contributed by atoms with van der Waals surface area (Å²) >= 11 is 0. The Balaban J connectivity index is 1.43. The average Bonchev–Trinajstić information content (AvgIpc) is 3.45. The molecule has 2 atom stereocenters. The van der Waals surface area contributed by atoms with E-state index in [2.05, 4.69) is 0 Å². The molecule has 1 amide bonds. The van der Waals surface area contributed by atoms with Crippen molar-refractivity contribution in [1.29, 1.82) is 0 Å². The molecule has 0 saturated carbocycles. The molecule has 2 aliphatic carbocycles. The highest BCUT2D eigenvalue weighted by molar-refractivity contribution is 5.96. The SMILES string of the molecule is Cc1ccc(CCN2CN(C34c5ccccc5CC3Cc3c4ccc(F)c3F)n3ccc(=O)c(O)c3C2=O)cc1. The number of hydrogen-bond donors (Lipinski definition) is 1. The molecule has 40 heavy (non-hydrogen) atoms. The molecule has 1 aliphatic heterocycles. The lowest BCUT2D eigenvalue weighted by molar-refractivity contribution is 0.0649. The van der Waals surface area contributed by atoms with E-state index in [1.807, 2.05) is 60.5 Å². The lowest BCUT2D eigenvalue weighted by Gasteiger charge is -2.50. The van der Waals surface area contributed by atoms with Crippen LogP contribution in [-0.4, -0.2) is 33.8 Å². The first-order valence-electron chi connectivity index (χ1n) is 13.4. The minimum absolute atomic E-state index is 0.128. The molecular weight excluding hydrogens is 512 g/mol. The number of nitrogens with zero attached hydrogens (tertiary/aromatic N) is 3. The summed E-state index contributed by atoms with van der Waals surface area (Å²) in [7, 11) is 0. The van der Waals surface area contributed by atoms with Gasteiger partial charge in [0.15, 0.2) is 23.1 Å². The van der Waals surface area contributed by atoms with E-state index in [4.69, 9.17) is 0 Å². The molecule has 0 saturated heterocycles. The number of aromatic nitrogens is 1. The van der Waals surface area contributed by atoms with Gasteiger partial charge in [-0.1, -0.05) is 60.2 Å². The summed E-state index contributed by atoms with van der Waals surface area (Å²) in [5, 5.41) is 12.9. The number of hydrogen-bond acceptors (Lipinski definition) is 4. The lowest BCUT2D eigenvalue weighted by Crippen LogP contribution is -2.63. The fourth-order valence-corrected chi connectivity index (χ4v) is 7.01. The third-order valence-electron chi connectivity index (χ3n) is 8.85. The molecular formula is C32H27F2N3O3. The summed E-state index contributed by atoms with van der Waals surface area (Å²) in [5.74, 6) is -2.98. The Bertz CT molecular complexity index is 1750. The summed E-state index contributed by atoms with van der Waals surface area (Å²) in [4.78, 5) is 27.9. The van der Waals surface area contributed by atoms with E-state index in [9.17, 15) is 19.1 Å². The molecule has 3 aromatic carbocycles. The molecule has 7 rings (SSSR count). The van der Waals surface area contributed by atoms with Gasteiger partial charge in [0.1, 0.15) is 12.2 Å². The van der Waals surface area contributed by atoms with E-state index in [-0.39, 0.29) is 18.3 Å². The number of aryl methyl sites for hydroxylation is 1. The zero-order valence-electron chi connectivity index (χ0n) is 21.9. The Morgan fingerprint density at radius 2 is 1.73 bits per heavy atom. The molecule has 2 unspecified atom stereocenters. The summed E-state index contributed by atoms with van der Waals surface area (Å²) in [6.07, 6.45) is 3.03. The highest BCUT2D eigenvalue weighted by Crippen LogP contribution is 2.57. The van der Waals surface area contributed by atoms with Crippen LogP contribution in [0.5, 0.6) is 5.75 Å². The van der Waals surface area contributed by atoms with Crippen molar-refractivity contribution in [1.82, 2.24) is 9.58 Å². The third kappa shape index (κ3) is 3.31. The molecule has 8 heteroatoms. The Morgan fingerprint density at radius 1 is 0.950 bits per heavy atom. The van der Waals surface area contributed by atoms with Crippen molar-refractivity contribution in [2.45, 2.75) is 31.7 Å². The molecule has 1 aromatic heterocycles. The summed E-state index contributed by atoms with van der Waals surface area (Å²) in [5.41, 5.74) is 3.47. The van der Waals surface area contributed by atoms with E-state index >= 15 is 4.39 Å². The van der Waals surface area contributed by atoms with Gasteiger partial charge in [0.25, 0.3) is 5.91 Å². The van der Waals surface area contributed by atoms with E-state index in [0.717, 1.165) is 28.3 Å². The van der Waals surface area contributed by atoms with Crippen LogP contribution in [0.4, 0.5) is 8.78 Å². The van der Waals surface area contributed by atoms with Crippen LogP contribution in [0, 0.1) is 24.5 Å². The topological polar surface area (TPSA) is 65.8 Å². The minimum atomic E-state index is -0.945. The molecule has 1 N–H and O–H groups in total. The van der Waals surface area contributed by atoms with Crippen LogP contribution >= 0.6 is 0 Å². The van der Waals surface area contributed by atoms with Crippen molar-refractivity contribution in [3.63, 3.8) is 0 Å². The van der Waals surface area contributed by atoms with Crippen LogP contribution in [0.25, 0.3) is 0 Å². The quantitative estimate of drug-likeness (QED) is 0.418. The summed E-state index contributed by atoms with van der Waals surface area (Å²) in [6.45, 7) is 2.48. The molecule has 0 radical (unpaired) electrons. The smallest absolute Gasteiger partial charge is 0.277 e. The van der Waals surface area contributed by atoms with Crippen LogP contribution in [0.2, 0.25) is 0 Å². The van der Waals surface area contributed by atoms with Gasteiger partial charge < -0.3 is 10.0 Å². The predicted octanol–water partition coefficient (Wildman–Crippen LogP) is 4.41. The Morgan fingerprint density at radius 3 is 2.52 bits per heavy atom. The number of benzene rings is 3. The van der Waals surface area contributed by atoms with Crippen molar-refractivity contribution in [3.05, 3.63) is 134 Å². The monoisotopic (exact) mass is 539 g/mol. The Labute approximate surface area is 229 Å². The Hall–Kier alpha value is -4.46. The first kappa shape index (κ1) is 24.6. The number of carbonyl (C=O) groups is 1. The maximum absolute atomic E-state index is 15.3. The summed E-state index contributed by atoms with van der Waals surface area (Å²) < 4.78 is 31.2. The largest absolute Gasteiger partial charge is 0.502 e. The van der Waals surface area contributed by atoms with E-state index in [1.54, 1.807) is 15.6 Å². The van der Waals surface area contributed by atoms with Gasteiger partial charge in [0.05, 0.1) is 0 Å². The second-order valence-electron chi connectivity index (χ2n) is 11.0. The van der Waals surface area contributed by atoms with Crippen molar-refractivity contribution >= 4 is 5.91 Å². The molecule has 2 heterocycles. The number of halogens is 2. The van der Waals surface area contributed by atoms with Gasteiger partial charge >= 0.3 is 0 Å². The summed E-state index contributed by atoms with van der Waals surface area (Å²) in [6, 6.07) is 20.0. The van der Waals surface area contributed by atoms with Crippen LogP contribution in [0.3, 0.4) is 0 Å². The molecule has 202 valence electrons. The van der Waals surface area contributed by atoms with Gasteiger partial charge in [0.2, 0.25) is 5.43 Å². The normalized spacial score (nSPS) is 20.8. The molecule has 3 aliphatic rings. The maximum atomic E-state index is 15.3. The second-order valence-corrected chi connectivity index (χ2v) is 11.0. The fourth-order valence-electron chi connectivity index (χ4n) is 7.01. The van der Waals surface area contributed by atoms with Crippen molar-refractivity contribution in [2.24, 2.45) is 5.92 Å². The van der Waals surface area contributed by atoms with Crippen LogP contribution in [-0.2, 0) is 24.8 Å². The first-order valence-corrected chi connectivity index (χ1v) is 13.4. The number of amides is 1. The zero-order valence-corrected chi connectivity index (χ0v) is 21.9. The average molecular weight is 540 g/mol. The van der Waals surface area contributed by atoms with Gasteiger partial charge in [-0.05, 0) is 60.1 Å². The number of rotatable bonds is 4. The first-order chi connectivity index (χ1) is 19.3. The lowest BCUT2D eigenvalue weighted by atomic mass is 9.81. The number of aromatic hydroxyl groups is 1. The minimum Gasteiger partial charge on any atom is -0.502 e. The van der Waals surface area contributed by atoms with E-state index in [0.29, 0.717) is 36.9 Å². The van der Waals surface area contributed by atoms with Gasteiger partial charge in [-0.2, -0.15) is 0 Å². The number of fused-ring (bicyclic) bond motifs is 6. The highest BCUT2D eigenvalue weighted by atomic mass is 19.2. The molecule has 4 aromatic rings. The van der Waals surface area contributed by atoms with E-state index in [1.165, 1.54) is 12.3 Å². The molecule has 0 fully saturated rings. The van der Waals surface area contributed by atoms with E-state index < -0.39 is 34.3 Å². The van der Waals surface area contributed by atoms with Crippen molar-refractivity contribution in [2.75, 3.05) is 18.2 Å². The highest BCUT2D eigenvalue weighted by Gasteiger charge is 2.59. The third-order valence-corrected chi connectivity index (χ3v) is 8.85. The van der Waals surface area contributed by atoms with Crippen LogP contribution in [0.1, 0.15) is 43.9 Å². The number of carbonyl (C=O) groups excluding carboxylic acids is 1. The van der Waals surface area contributed by atoms with Crippen molar-refractivity contribution in [3.8, 4) is 5.75 Å². The molecule has 0 bridgehead atoms. The molecule has 0 spiro atoms. The maximum Gasteiger partial charge on any atom is 0.277 e. The zero-order chi connectivity index (χ0) is 27.8. The van der Waals surface area contributed by atoms with Gasteiger partial charge in [-0.25, -0.2) is 8.78 Å². The van der Waals surface area contributed by atoms with Crippen LogP contribution in [0.15, 0.2) is 77.7 Å². The second kappa shape index (κ2) is 8.78. The van der Waals surface area contributed by atoms with Gasteiger partial charge in [-0.3, -0.25) is 19.3 Å². The van der Waals surface area contributed by atoms with Gasteiger partial charge in [-0.15, -0.1) is 0 Å². The Kier molecular flexibility index (Phi) is 5.39. The standard InChI is InChI=1S/C32H27F2N3O3/c1-19-6-8-20(9-7-19)12-14-35-18-37(36-15-13-27(38)30(39)29(36)31(35)40)32-22(16-21-4-2-3-5-24(21)32)17-23-25(32)10-11-26(33)28(23)34/h2-11,13,15,22,39H,12,14,16-18H2,1H3.